The van der Waals surface area contributed by atoms with E-state index in [2.05, 4.69) is 82.6 Å². The van der Waals surface area contributed by atoms with Crippen molar-refractivity contribution < 1.29 is 355 Å². The number of phenols is 1. The number of nitrogens with zero attached hydrogens (tertiary/aromatic N) is 7. The Bertz CT molecular complexity index is 4530. The molecule has 1 aromatic heterocycles. The predicted molar refractivity (Wildman–Crippen MR) is 313 cm³/mol. The number of aromatic nitrogens is 2. The standard InChI is InChI=1S/C27H27N5O20S6.C19H18N4O13S3.7Na/c1-42-22-7-3-15(57(38,39)10-8-43-55-51-47-36)12-21(22)30-32-26-24(54-50-46-35)14-18-17(27(26)33)4-5-19(28)25(18)31-29-20-6-2-16(13-23(20)53-49-45-34)58(40,41)11-9-44-56-52-48-37;1-33-15-7-6-13(38(28,29)9-8-34-37-36-35-27)10-14(15)20-21-16-17(19(25)26)22-23(18(16)24)11-2-4-12(5-3-11)39(30,31)32;;;;;;;/h2-7,12-14,33-37H,8-11,28H2,1H3;2-7,10,22,27H,8-9H2,1H3,(H,25,26)(H,30,31,32);;;;;;;/q;;7*+1/p-7. The van der Waals surface area contributed by atoms with Crippen molar-refractivity contribution in [2.45, 2.75) is 29.4 Å². The number of hydrogen-bond acceptors (Lipinski definition) is 45. The van der Waals surface area contributed by atoms with Gasteiger partial charge in [0.25, 0.3) is 5.56 Å². The van der Waals surface area contributed by atoms with Gasteiger partial charge in [0.15, 0.2) is 77.9 Å². The Morgan fingerprint density at radius 3 is 1.34 bits per heavy atom. The molecule has 0 fully saturated rings. The Kier molecular flexibility index (Phi) is 54.0. The van der Waals surface area contributed by atoms with E-state index in [1.165, 1.54) is 68.8 Å². The number of sulfone groups is 3. The van der Waals surface area contributed by atoms with E-state index in [1.54, 1.807) is 0 Å². The van der Waals surface area contributed by atoms with Crippen molar-refractivity contribution in [2.24, 2.45) is 30.7 Å². The van der Waals surface area contributed by atoms with Gasteiger partial charge in [0.05, 0.1) is 122 Å². The van der Waals surface area contributed by atoms with Gasteiger partial charge in [-0.3, -0.25) is 47.6 Å². The summed E-state index contributed by atoms with van der Waals surface area (Å²) in [5.74, 6) is -3.97. The van der Waals surface area contributed by atoms with Crippen molar-refractivity contribution in [3.05, 3.63) is 113 Å². The topological polar surface area (TPSA) is 612 Å². The van der Waals surface area contributed by atoms with E-state index in [1.807, 2.05) is 0 Å². The SMILES string of the molecule is COc1ccc(S(=O)(=O)CCOSOO[O-])cc1N=Nc1c(C(=O)[O-])[nH]n(-c2ccc(S(=O)(=O)[O-])cc2)c1=O.COc1ccc(S(=O)(=O)CCOSOO[O-])cc1N=Nc1c(SOO[O-])cc2c(N=Nc3ccc(S(=O)(=O)CCOSOO[O-])cc3SOO[O-])c(N)ccc2c1O.[Na+].[Na+].[Na+].[Na+].[Na+].[Na+].[Na+]. The molecule has 7 aromatic rings. The van der Waals surface area contributed by atoms with Crippen LogP contribution in [0.1, 0.15) is 10.5 Å². The summed E-state index contributed by atoms with van der Waals surface area (Å²) in [6, 6.07) is 18.7. The first-order chi connectivity index (χ1) is 46.3. The van der Waals surface area contributed by atoms with E-state index in [9.17, 15) is 84.3 Å². The Morgan fingerprint density at radius 2 is 0.904 bits per heavy atom. The van der Waals surface area contributed by atoms with Crippen LogP contribution in [-0.2, 0) is 99.0 Å². The zero-order chi connectivity index (χ0) is 70.9. The Labute approximate surface area is 764 Å². The minimum atomic E-state index is -4.77. The van der Waals surface area contributed by atoms with Crippen LogP contribution >= 0.6 is 61.1 Å². The molecule has 0 saturated carbocycles. The number of nitrogen functional groups attached to an aromatic ring is 1. The molecule has 0 bridgehead atoms. The maximum atomic E-state index is 12.9. The number of aromatic hydroxyl groups is 1. The average Bonchev–Trinajstić information content (AvgIpc) is 0.869. The monoisotopic (exact) mass is 1690 g/mol. The Hall–Kier alpha value is -0.150. The quantitative estimate of drug-likeness (QED) is 0.00473. The van der Waals surface area contributed by atoms with Crippen molar-refractivity contribution in [1.82, 2.24) is 9.78 Å². The van der Waals surface area contributed by atoms with E-state index in [0.717, 1.165) is 42.5 Å². The number of H-pyrrole nitrogens is 1. The second-order valence-electron chi connectivity index (χ2n) is 17.3. The van der Waals surface area contributed by atoms with Crippen molar-refractivity contribution in [3.63, 3.8) is 0 Å². The number of carboxylic acids is 1. The Morgan fingerprint density at radius 1 is 0.500 bits per heavy atom. The maximum Gasteiger partial charge on any atom is 1.00 e. The number of aromatic carboxylic acids is 1. The molecule has 0 aliphatic heterocycles. The van der Waals surface area contributed by atoms with Crippen LogP contribution in [0.15, 0.2) is 162 Å². The number of carbonyl (C=O) groups excluding carboxylic acids is 1. The van der Waals surface area contributed by atoms with E-state index in [0.29, 0.717) is 28.8 Å². The number of ether oxygens (including phenoxy) is 2. The van der Waals surface area contributed by atoms with Gasteiger partial charge in [-0.2, -0.15) is 8.67 Å². The summed E-state index contributed by atoms with van der Waals surface area (Å²) in [7, 11) is -14.2. The summed E-state index contributed by atoms with van der Waals surface area (Å²) < 4.78 is 156. The van der Waals surface area contributed by atoms with Gasteiger partial charge in [0.2, 0.25) is 0 Å². The number of anilines is 1. The number of fused-ring (bicyclic) bond motifs is 1. The van der Waals surface area contributed by atoms with Crippen molar-refractivity contribution in [3.8, 4) is 22.9 Å². The Balaban J connectivity index is 0. The van der Waals surface area contributed by atoms with Gasteiger partial charge in [-0.15, -0.1) is 43.7 Å². The van der Waals surface area contributed by atoms with Gasteiger partial charge >= 0.3 is 207 Å². The first-order valence-electron chi connectivity index (χ1n) is 24.9. The molecular weight excluding hydrogens is 1660 g/mol. The first kappa shape index (κ1) is 106. The summed E-state index contributed by atoms with van der Waals surface area (Å²) >= 11 is 0.985. The second-order valence-corrected chi connectivity index (χ2v) is 28.0. The molecule has 4 N–H and O–H groups in total. The molecular formula is C46H38N9Na7O33S9. The third-order valence-corrected chi connectivity index (χ3v) is 19.9. The zero-order valence-corrected chi connectivity index (χ0v) is 76.2. The normalized spacial score (nSPS) is 11.5. The van der Waals surface area contributed by atoms with Crippen molar-refractivity contribution in [2.75, 3.05) is 57.0 Å². The molecule has 58 heteroatoms. The number of benzene rings is 6. The molecule has 6 aromatic carbocycles. The third kappa shape index (κ3) is 31.7. The smallest absolute Gasteiger partial charge is 0.744 e. The fourth-order valence-corrected chi connectivity index (χ4v) is 13.2. The molecule has 1 heterocycles. The molecule has 0 atom stereocenters. The van der Waals surface area contributed by atoms with Crippen LogP contribution in [0.4, 0.5) is 39.8 Å². The second kappa shape index (κ2) is 53.0. The number of nitrogens with one attached hydrogen (secondary N) is 1. The molecule has 526 valence electrons. The van der Waals surface area contributed by atoms with Gasteiger partial charge in [0, 0.05) is 10.8 Å². The number of methoxy groups -OCH3 is 2. The summed E-state index contributed by atoms with van der Waals surface area (Å²) in [6.45, 7) is -1.20. The molecule has 0 saturated heterocycles. The van der Waals surface area contributed by atoms with Crippen LogP contribution in [-0.4, -0.2) is 110 Å². The van der Waals surface area contributed by atoms with Crippen molar-refractivity contribution >= 4 is 157 Å². The molecule has 42 nitrogen and oxygen atoms in total. The van der Waals surface area contributed by atoms with Crippen molar-refractivity contribution in [1.29, 1.82) is 0 Å². The van der Waals surface area contributed by atoms with Gasteiger partial charge in [-0.05, 0) is 97.1 Å². The van der Waals surface area contributed by atoms with Crippen LogP contribution in [0.5, 0.6) is 17.2 Å². The zero-order valence-electron chi connectivity index (χ0n) is 54.9. The molecule has 0 aliphatic rings. The van der Waals surface area contributed by atoms with E-state index < -0.39 is 110 Å². The molecule has 0 spiro atoms. The number of aromatic amines is 1. The number of rotatable bonds is 38. The third-order valence-electron chi connectivity index (χ3n) is 11.7. The maximum absolute atomic E-state index is 12.9. The van der Waals surface area contributed by atoms with Gasteiger partial charge in [-0.25, -0.2) is 38.4 Å². The molecule has 0 radical (unpaired) electrons. The van der Waals surface area contributed by atoms with E-state index in [-0.39, 0.29) is 330 Å². The number of carboxylic acid groups (broad SMARTS) is 1. The molecule has 0 aliphatic carbocycles. The number of nitrogens with two attached hydrogens (primary N) is 1. The number of hydrogen-bond donors (Lipinski definition) is 3. The van der Waals surface area contributed by atoms with Crippen LogP contribution < -0.4 is 259 Å². The summed E-state index contributed by atoms with van der Waals surface area (Å²) in [5, 5.41) is 116. The van der Waals surface area contributed by atoms with Crippen LogP contribution in [0.2, 0.25) is 0 Å². The van der Waals surface area contributed by atoms with E-state index >= 15 is 0 Å². The summed E-state index contributed by atoms with van der Waals surface area (Å²) in [5.41, 5.74) is 2.88. The number of azo groups is 3. The number of carbonyl (C=O) groups is 1. The number of phenolic OH excluding ortho intramolecular Hbond substituents is 1. The fraction of sp³-hybridized carbons (Fsp3) is 0.174. The van der Waals surface area contributed by atoms with Crippen LogP contribution in [0.3, 0.4) is 0 Å². The van der Waals surface area contributed by atoms with Gasteiger partial charge < -0.3 is 61.1 Å². The summed E-state index contributed by atoms with van der Waals surface area (Å²) in [6.07, 6.45) is 0. The van der Waals surface area contributed by atoms with Crippen LogP contribution in [0.25, 0.3) is 16.5 Å². The molecule has 104 heavy (non-hydrogen) atoms. The minimum absolute atomic E-state index is 0. The van der Waals surface area contributed by atoms with Crippen LogP contribution in [0, 0.1) is 0 Å². The molecule has 0 unspecified atom stereocenters. The average molecular weight is 1690 g/mol. The summed E-state index contributed by atoms with van der Waals surface area (Å²) in [4.78, 5) is 23.0. The first-order valence-corrected chi connectivity index (χ1v) is 34.8. The molecule has 0 amide bonds. The van der Waals surface area contributed by atoms with E-state index in [4.69, 9.17) is 27.8 Å². The van der Waals surface area contributed by atoms with Gasteiger partial charge in [0.1, 0.15) is 55.7 Å². The molecule has 7 rings (SSSR count). The fourth-order valence-electron chi connectivity index (χ4n) is 7.41. The minimum Gasteiger partial charge on any atom is -0.744 e. The largest absolute Gasteiger partial charge is 1.00 e. The predicted octanol–water partition coefficient (Wildman–Crippen LogP) is -19.0. The van der Waals surface area contributed by atoms with Gasteiger partial charge in [-0.1, -0.05) is 0 Å².